The molecule has 4 aromatic heterocycles. The lowest BCUT2D eigenvalue weighted by Gasteiger charge is -2.28. The van der Waals surface area contributed by atoms with Crippen LogP contribution in [0.5, 0.6) is 0 Å². The smallest absolute Gasteiger partial charge is 0.336 e. The van der Waals surface area contributed by atoms with Crippen LogP contribution in [0.1, 0.15) is 56.4 Å². The second kappa shape index (κ2) is 17.3. The van der Waals surface area contributed by atoms with Crippen LogP contribution in [0.4, 0.5) is 11.8 Å². The molecule has 2 amide bonds. The van der Waals surface area contributed by atoms with Gasteiger partial charge in [-0.1, -0.05) is 39.0 Å². The van der Waals surface area contributed by atoms with Gasteiger partial charge in [-0.2, -0.15) is 23.4 Å². The van der Waals surface area contributed by atoms with E-state index < -0.39 is 83.1 Å². The second-order valence-corrected chi connectivity index (χ2v) is 18.9. The highest BCUT2D eigenvalue weighted by Crippen LogP contribution is 2.55. The van der Waals surface area contributed by atoms with E-state index in [4.69, 9.17) is 39.0 Å². The van der Waals surface area contributed by atoms with Crippen LogP contribution in [-0.4, -0.2) is 103 Å². The second-order valence-electron chi connectivity index (χ2n) is 14.5. The predicted octanol–water partition coefficient (Wildman–Crippen LogP) is 2.42. The SMILES string of the molecule is CC(C)C(=O)Nc1nc2c(ncn2[C@@H]2O[C@@H]3COP(=S)(OCCC#N)O[C@H]4C[C@H](n5cnc6c(NC(=O)c7ccccc7)ncnc65)O[C@@H]4CNS(=O)(=O)O[C@@H]2[C@@H]3C)c(=O)[nH]1. The van der Waals surface area contributed by atoms with Crippen molar-refractivity contribution in [3.63, 3.8) is 0 Å². The summed E-state index contributed by atoms with van der Waals surface area (Å²) in [6.07, 6.45) is -2.18. The van der Waals surface area contributed by atoms with Crippen LogP contribution in [0.15, 0.2) is 54.1 Å². The summed E-state index contributed by atoms with van der Waals surface area (Å²) in [5.41, 5.74) is 0.187. The van der Waals surface area contributed by atoms with Crippen molar-refractivity contribution in [1.29, 1.82) is 5.26 Å². The van der Waals surface area contributed by atoms with Gasteiger partial charge < -0.3 is 28.4 Å². The van der Waals surface area contributed by atoms with E-state index in [-0.39, 0.29) is 61.0 Å². The first kappa shape index (κ1) is 42.6. The molecule has 1 aromatic carbocycles. The van der Waals surface area contributed by atoms with Crippen LogP contribution in [0.3, 0.4) is 0 Å². The van der Waals surface area contributed by atoms with E-state index >= 15 is 0 Å². The number of aromatic nitrogens is 8. The normalized spacial score (nSPS) is 27.8. The molecule has 8 atom stereocenters. The zero-order valence-corrected chi connectivity index (χ0v) is 35.1. The van der Waals surface area contributed by atoms with Gasteiger partial charge >= 0.3 is 17.0 Å². The average Bonchev–Trinajstić information content (AvgIpc) is 4.02. The third-order valence-corrected chi connectivity index (χ3v) is 13.5. The van der Waals surface area contributed by atoms with Gasteiger partial charge in [0.2, 0.25) is 11.9 Å². The number of anilines is 2. The van der Waals surface area contributed by atoms with Crippen LogP contribution < -0.4 is 20.9 Å². The number of carbonyl (C=O) groups is 2. The molecule has 8 rings (SSSR count). The van der Waals surface area contributed by atoms with E-state index in [0.29, 0.717) is 11.2 Å². The van der Waals surface area contributed by atoms with Crippen molar-refractivity contribution in [3.8, 4) is 6.07 Å². The van der Waals surface area contributed by atoms with Gasteiger partial charge in [-0.05, 0) is 23.9 Å². The number of carbonyl (C=O) groups excluding carboxylic acids is 2. The van der Waals surface area contributed by atoms with Gasteiger partial charge in [-0.15, -0.1) is 0 Å². The maximum atomic E-state index is 13.8. The summed E-state index contributed by atoms with van der Waals surface area (Å²) in [5, 5.41) is 14.6. The summed E-state index contributed by atoms with van der Waals surface area (Å²) >= 11 is 5.90. The molecule has 23 nitrogen and oxygen atoms in total. The number of hydrogen-bond acceptors (Lipinski definition) is 18. The topological polar surface area (TPSA) is 291 Å². The predicted molar refractivity (Wildman–Crippen MR) is 216 cm³/mol. The molecule has 26 heteroatoms. The Morgan fingerprint density at radius 1 is 1.05 bits per heavy atom. The van der Waals surface area contributed by atoms with E-state index in [1.54, 1.807) is 55.7 Å². The molecule has 3 aliphatic heterocycles. The van der Waals surface area contributed by atoms with E-state index in [9.17, 15) is 28.1 Å². The molecule has 3 aliphatic rings. The summed E-state index contributed by atoms with van der Waals surface area (Å²) in [6, 6.07) is 10.6. The van der Waals surface area contributed by atoms with Crippen molar-refractivity contribution in [2.24, 2.45) is 11.8 Å². The molecule has 4 N–H and O–H groups in total. The number of nitrogens with zero attached hydrogens (tertiary/aromatic N) is 8. The Morgan fingerprint density at radius 3 is 2.59 bits per heavy atom. The number of nitriles is 1. The standard InChI is InChI=1S/C35H39N12O11PS2/c1-18(2)31(48)44-35-43-30-26(33(50)45-35)40-17-47(30)34-27-19(3)23(56-34)14-54-59(60,53-11-7-10-36)57-21-12-24(55-22(21)13-41-61(51,52)58-27)46-16-39-25-28(37-15-38-29(25)46)42-32(49)20-8-5-4-6-9-20/h4-6,8-9,15-19,21-24,27,34,41H,7,11-14H2,1-3H3,(H,37,38,42,49)(H2,43,44,45,48,50)/t19-,21+,22-,23-,24-,27-,34-,59?/m1/s1. The number of aromatic amines is 1. The van der Waals surface area contributed by atoms with E-state index in [2.05, 4.69) is 45.3 Å². The first-order valence-electron chi connectivity index (χ1n) is 19.0. The Kier molecular flexibility index (Phi) is 12.1. The molecule has 7 heterocycles. The minimum absolute atomic E-state index is 0.0221. The highest BCUT2D eigenvalue weighted by molar-refractivity contribution is 8.07. The number of hydrogen-bond donors (Lipinski definition) is 4. The molecule has 3 saturated heterocycles. The number of fused-ring (bicyclic) bond motifs is 5. The van der Waals surface area contributed by atoms with E-state index in [1.165, 1.54) is 23.5 Å². The quantitative estimate of drug-likeness (QED) is 0.122. The summed E-state index contributed by atoms with van der Waals surface area (Å²) in [7, 11) is -4.59. The fourth-order valence-electron chi connectivity index (χ4n) is 6.92. The van der Waals surface area contributed by atoms with Crippen LogP contribution in [-0.2, 0) is 54.1 Å². The van der Waals surface area contributed by atoms with Crippen molar-refractivity contribution in [1.82, 2.24) is 43.8 Å². The summed E-state index contributed by atoms with van der Waals surface area (Å²) in [6.45, 7) is 0.502. The molecule has 61 heavy (non-hydrogen) atoms. The molecular weight excluding hydrogens is 860 g/mol. The maximum absolute atomic E-state index is 13.8. The van der Waals surface area contributed by atoms with Crippen LogP contribution >= 0.6 is 6.72 Å². The molecule has 0 spiro atoms. The van der Waals surface area contributed by atoms with Crippen LogP contribution in [0, 0.1) is 23.2 Å². The van der Waals surface area contributed by atoms with Crippen LogP contribution in [0.2, 0.25) is 0 Å². The van der Waals surface area contributed by atoms with Crippen molar-refractivity contribution < 1.29 is 45.2 Å². The maximum Gasteiger partial charge on any atom is 0.336 e. The molecule has 322 valence electrons. The lowest BCUT2D eigenvalue weighted by molar-refractivity contribution is -0.118. The number of ether oxygens (including phenoxy) is 2. The number of imidazole rings is 2. The monoisotopic (exact) mass is 898 g/mol. The number of nitrogens with one attached hydrogen (secondary N) is 4. The summed E-state index contributed by atoms with van der Waals surface area (Å²) in [4.78, 5) is 62.5. The van der Waals surface area contributed by atoms with Gasteiger partial charge in [0.05, 0.1) is 50.6 Å². The summed E-state index contributed by atoms with van der Waals surface area (Å²) < 4.78 is 70.2. The Balaban J connectivity index is 1.08. The van der Waals surface area contributed by atoms with Crippen molar-refractivity contribution in [2.45, 2.75) is 70.5 Å². The van der Waals surface area contributed by atoms with Crippen LogP contribution in [0.25, 0.3) is 22.3 Å². The van der Waals surface area contributed by atoms with Crippen molar-refractivity contribution in [2.75, 3.05) is 30.4 Å². The Labute approximate surface area is 352 Å². The molecule has 1 unspecified atom stereocenters. The van der Waals surface area contributed by atoms with Gasteiger partial charge in [0.25, 0.3) is 11.5 Å². The summed E-state index contributed by atoms with van der Waals surface area (Å²) in [5.74, 6) is -1.94. The minimum atomic E-state index is -4.59. The Morgan fingerprint density at radius 2 is 1.82 bits per heavy atom. The highest BCUT2D eigenvalue weighted by atomic mass is 32.5. The molecular formula is C35H39N12O11PS2. The number of amides is 2. The third-order valence-electron chi connectivity index (χ3n) is 10.1. The van der Waals surface area contributed by atoms with Gasteiger partial charge in [0.15, 0.2) is 34.4 Å². The lowest BCUT2D eigenvalue weighted by Crippen LogP contribution is -2.41. The first-order chi connectivity index (χ1) is 29.2. The van der Waals surface area contributed by atoms with Gasteiger partial charge in [-0.3, -0.25) is 33.8 Å². The van der Waals surface area contributed by atoms with Crippen molar-refractivity contribution >= 4 is 74.7 Å². The molecule has 2 bridgehead atoms. The van der Waals surface area contributed by atoms with Gasteiger partial charge in [0.1, 0.15) is 24.8 Å². The Hall–Kier alpha value is -5.13. The first-order valence-corrected chi connectivity index (χ1v) is 22.9. The van der Waals surface area contributed by atoms with E-state index in [0.717, 1.165) is 0 Å². The zero-order valence-electron chi connectivity index (χ0n) is 32.6. The van der Waals surface area contributed by atoms with E-state index in [1.807, 2.05) is 6.07 Å². The number of benzene rings is 1. The molecule has 3 fully saturated rings. The van der Waals surface area contributed by atoms with Gasteiger partial charge in [0, 0.05) is 30.4 Å². The average molecular weight is 899 g/mol. The number of rotatable bonds is 9. The molecule has 0 saturated carbocycles. The Bertz CT molecular complexity index is 2730. The zero-order chi connectivity index (χ0) is 43.1. The molecule has 5 aromatic rings. The largest absolute Gasteiger partial charge is 0.351 e. The molecule has 0 radical (unpaired) electrons. The fraction of sp³-hybridized carbons (Fsp3) is 0.457. The highest BCUT2D eigenvalue weighted by Gasteiger charge is 2.49. The number of H-pyrrole nitrogens is 1. The molecule has 0 aliphatic carbocycles. The van der Waals surface area contributed by atoms with Crippen molar-refractivity contribution in [3.05, 3.63) is 65.2 Å². The fourth-order valence-corrected chi connectivity index (χ4v) is 10.1. The lowest BCUT2D eigenvalue weighted by atomic mass is 10.0. The third kappa shape index (κ3) is 8.96. The van der Waals surface area contributed by atoms with Gasteiger partial charge in [-0.25, -0.2) is 24.1 Å². The minimum Gasteiger partial charge on any atom is -0.351 e.